The molecule has 0 bridgehead atoms. The number of epoxide rings is 1. The molecule has 34 heavy (non-hydrogen) atoms. The quantitative estimate of drug-likeness (QED) is 0.371. The number of carbonyl (C=O) groups is 3. The molecular weight excluding hydrogens is 448 g/mol. The Kier molecular flexibility index (Phi) is 5.00. The smallest absolute Gasteiger partial charge is 0.318 e. The standard InChI is InChI=1S/C24H30O10/c1-14(25)31-13-23-18(33-15(2)26)10-20(3,28)22(24(23,29)7-4-6-21(23)12-32-21)9-17(34-19(22)27)16-5-8-30-11-16/h5,8,11,17-18,28-29H,4,6-7,9-10,12-13H2,1-3H3/t17-,18?,20+,21+,22-,23+,24+/m1/s1. The molecule has 5 rings (SSSR count). The molecule has 2 spiro atoms. The van der Waals surface area contributed by atoms with Crippen molar-refractivity contribution < 1.29 is 48.0 Å². The van der Waals surface area contributed by atoms with Crippen LogP contribution in [0.3, 0.4) is 0 Å². The number of carbonyl (C=O) groups excluding carboxylic acids is 3. The fourth-order valence-corrected chi connectivity index (χ4v) is 7.21. The van der Waals surface area contributed by atoms with E-state index < -0.39 is 57.7 Å². The third-order valence-electron chi connectivity index (χ3n) is 8.74. The first-order valence-electron chi connectivity index (χ1n) is 11.6. The van der Waals surface area contributed by atoms with Crippen molar-refractivity contribution in [3.8, 4) is 0 Å². The molecule has 2 aliphatic heterocycles. The third kappa shape index (κ3) is 2.76. The molecule has 2 saturated heterocycles. The van der Waals surface area contributed by atoms with Crippen LogP contribution in [0.2, 0.25) is 0 Å². The van der Waals surface area contributed by atoms with E-state index in [1.165, 1.54) is 33.3 Å². The largest absolute Gasteiger partial charge is 0.472 e. The van der Waals surface area contributed by atoms with E-state index in [4.69, 9.17) is 23.4 Å². The van der Waals surface area contributed by atoms with Crippen LogP contribution in [0.15, 0.2) is 23.0 Å². The van der Waals surface area contributed by atoms with Gasteiger partial charge in [-0.3, -0.25) is 14.4 Å². The van der Waals surface area contributed by atoms with Crippen LogP contribution in [0.5, 0.6) is 0 Å². The lowest BCUT2D eigenvalue weighted by molar-refractivity contribution is -0.330. The zero-order chi connectivity index (χ0) is 24.6. The summed E-state index contributed by atoms with van der Waals surface area (Å²) in [5.41, 5.74) is -7.44. The third-order valence-corrected chi connectivity index (χ3v) is 8.74. The number of furan rings is 1. The summed E-state index contributed by atoms with van der Waals surface area (Å²) >= 11 is 0. The second-order valence-corrected chi connectivity index (χ2v) is 10.4. The summed E-state index contributed by atoms with van der Waals surface area (Å²) in [7, 11) is 0. The second-order valence-electron chi connectivity index (χ2n) is 10.4. The van der Waals surface area contributed by atoms with E-state index in [2.05, 4.69) is 0 Å². The van der Waals surface area contributed by atoms with Gasteiger partial charge >= 0.3 is 17.9 Å². The number of esters is 3. The van der Waals surface area contributed by atoms with Gasteiger partial charge in [-0.2, -0.15) is 0 Å². The van der Waals surface area contributed by atoms with Crippen molar-refractivity contribution in [2.75, 3.05) is 13.2 Å². The van der Waals surface area contributed by atoms with Crippen LogP contribution in [0.4, 0.5) is 0 Å². The van der Waals surface area contributed by atoms with Crippen LogP contribution in [-0.4, -0.2) is 64.2 Å². The van der Waals surface area contributed by atoms with Crippen LogP contribution in [0.25, 0.3) is 0 Å². The average Bonchev–Trinajstić information content (AvgIpc) is 3.15. The molecule has 3 heterocycles. The van der Waals surface area contributed by atoms with E-state index in [0.717, 1.165) is 0 Å². The molecule has 186 valence electrons. The minimum absolute atomic E-state index is 0.0282. The molecule has 2 N–H and O–H groups in total. The highest BCUT2D eigenvalue weighted by atomic mass is 16.6. The second kappa shape index (κ2) is 7.29. The van der Waals surface area contributed by atoms with Gasteiger partial charge in [0.15, 0.2) is 0 Å². The first kappa shape index (κ1) is 23.3. The van der Waals surface area contributed by atoms with Crippen molar-refractivity contribution in [3.05, 3.63) is 24.2 Å². The summed E-state index contributed by atoms with van der Waals surface area (Å²) in [6.07, 6.45) is 2.00. The Morgan fingerprint density at radius 3 is 2.50 bits per heavy atom. The van der Waals surface area contributed by atoms with Crippen molar-refractivity contribution >= 4 is 17.9 Å². The van der Waals surface area contributed by atoms with E-state index in [-0.39, 0.29) is 32.5 Å². The predicted octanol–water partition coefficient (Wildman–Crippen LogP) is 1.57. The van der Waals surface area contributed by atoms with Crippen LogP contribution < -0.4 is 0 Å². The number of hydrogen-bond acceptors (Lipinski definition) is 10. The molecule has 4 fully saturated rings. The molecule has 1 aromatic heterocycles. The first-order valence-corrected chi connectivity index (χ1v) is 11.6. The Morgan fingerprint density at radius 1 is 1.18 bits per heavy atom. The van der Waals surface area contributed by atoms with Crippen LogP contribution in [0, 0.1) is 10.8 Å². The van der Waals surface area contributed by atoms with Crippen LogP contribution >= 0.6 is 0 Å². The van der Waals surface area contributed by atoms with Gasteiger partial charge in [0.05, 0.1) is 30.3 Å². The Labute approximate surface area is 196 Å². The van der Waals surface area contributed by atoms with Gasteiger partial charge in [-0.1, -0.05) is 0 Å². The fraction of sp³-hybridized carbons (Fsp3) is 0.708. The molecule has 1 aromatic rings. The number of hydrogen-bond donors (Lipinski definition) is 2. The predicted molar refractivity (Wildman–Crippen MR) is 112 cm³/mol. The summed E-state index contributed by atoms with van der Waals surface area (Å²) in [4.78, 5) is 37.8. The molecular formula is C24H30O10. The normalized spacial score (nSPS) is 45.0. The van der Waals surface area contributed by atoms with Gasteiger partial charge in [0, 0.05) is 32.3 Å². The van der Waals surface area contributed by atoms with Gasteiger partial charge in [0.1, 0.15) is 35.2 Å². The van der Waals surface area contributed by atoms with Crippen molar-refractivity contribution in [2.24, 2.45) is 10.8 Å². The van der Waals surface area contributed by atoms with E-state index in [1.807, 2.05) is 0 Å². The molecule has 10 heteroatoms. The SMILES string of the molecule is CC(=O)OC[C@@]12C(OC(C)=O)C[C@](C)(O)[C@]3(C[C@H](c4ccoc4)OC3=O)[C@@]1(O)CCC[C@]21CO1. The molecule has 10 nitrogen and oxygen atoms in total. The Morgan fingerprint density at radius 2 is 1.91 bits per heavy atom. The Bertz CT molecular complexity index is 1010. The maximum absolute atomic E-state index is 13.7. The Hall–Kier alpha value is -2.43. The number of ether oxygens (including phenoxy) is 4. The minimum atomic E-state index is -1.97. The summed E-state index contributed by atoms with van der Waals surface area (Å²) in [5.74, 6) is -1.96. The minimum Gasteiger partial charge on any atom is -0.472 e. The molecule has 0 aromatic carbocycles. The maximum Gasteiger partial charge on any atom is 0.318 e. The maximum atomic E-state index is 13.7. The lowest BCUT2D eigenvalue weighted by Crippen LogP contribution is -2.82. The molecule has 0 amide bonds. The summed E-state index contributed by atoms with van der Waals surface area (Å²) < 4.78 is 28.0. The number of cyclic esters (lactones) is 1. The van der Waals surface area contributed by atoms with Gasteiger partial charge in [-0.05, 0) is 32.3 Å². The highest BCUT2D eigenvalue weighted by Crippen LogP contribution is 2.73. The van der Waals surface area contributed by atoms with Crippen molar-refractivity contribution in [2.45, 2.75) is 81.9 Å². The van der Waals surface area contributed by atoms with Gasteiger partial charge in [0.25, 0.3) is 0 Å². The lowest BCUT2D eigenvalue weighted by atomic mass is 9.39. The molecule has 2 saturated carbocycles. The molecule has 4 aliphatic rings. The zero-order valence-corrected chi connectivity index (χ0v) is 19.5. The first-order chi connectivity index (χ1) is 15.9. The highest BCUT2D eigenvalue weighted by Gasteiger charge is 2.87. The zero-order valence-electron chi connectivity index (χ0n) is 19.5. The van der Waals surface area contributed by atoms with Gasteiger partial charge in [-0.25, -0.2) is 0 Å². The average molecular weight is 478 g/mol. The summed E-state index contributed by atoms with van der Waals surface area (Å²) in [5, 5.41) is 24.6. The van der Waals surface area contributed by atoms with Crippen LogP contribution in [0.1, 0.15) is 64.5 Å². The van der Waals surface area contributed by atoms with Crippen LogP contribution in [-0.2, 0) is 33.3 Å². The summed E-state index contributed by atoms with van der Waals surface area (Å²) in [6, 6.07) is 1.67. The van der Waals surface area contributed by atoms with E-state index in [9.17, 15) is 24.6 Å². The summed E-state index contributed by atoms with van der Waals surface area (Å²) in [6.45, 7) is 3.85. The van der Waals surface area contributed by atoms with Gasteiger partial charge in [-0.15, -0.1) is 0 Å². The lowest BCUT2D eigenvalue weighted by Gasteiger charge is -2.67. The monoisotopic (exact) mass is 478 g/mol. The molecule has 2 aliphatic carbocycles. The highest BCUT2D eigenvalue weighted by molar-refractivity contribution is 5.84. The number of rotatable bonds is 4. The van der Waals surface area contributed by atoms with Crippen molar-refractivity contribution in [1.82, 2.24) is 0 Å². The van der Waals surface area contributed by atoms with E-state index in [0.29, 0.717) is 18.4 Å². The molecule has 7 atom stereocenters. The number of fused-ring (bicyclic) bond motifs is 3. The fourth-order valence-electron chi connectivity index (χ4n) is 7.21. The molecule has 1 unspecified atom stereocenters. The van der Waals surface area contributed by atoms with Crippen molar-refractivity contribution in [3.63, 3.8) is 0 Å². The number of aliphatic hydroxyl groups is 2. The topological polar surface area (TPSA) is 145 Å². The Balaban J connectivity index is 1.72. The van der Waals surface area contributed by atoms with Gasteiger partial charge < -0.3 is 33.6 Å². The van der Waals surface area contributed by atoms with Crippen molar-refractivity contribution in [1.29, 1.82) is 0 Å². The van der Waals surface area contributed by atoms with E-state index in [1.54, 1.807) is 6.07 Å². The molecule has 0 radical (unpaired) electrons. The van der Waals surface area contributed by atoms with Gasteiger partial charge in [0.2, 0.25) is 0 Å². The van der Waals surface area contributed by atoms with E-state index >= 15 is 0 Å².